The van der Waals surface area contributed by atoms with E-state index in [4.69, 9.17) is 5.73 Å². The van der Waals surface area contributed by atoms with E-state index in [1.807, 2.05) is 24.3 Å². The first kappa shape index (κ1) is 9.76. The second-order valence-electron chi connectivity index (χ2n) is 2.25. The van der Waals surface area contributed by atoms with Gasteiger partial charge in [-0.3, -0.25) is 0 Å². The molecular weight excluding hydrogens is 134 g/mol. The number of allylic oxidation sites excluding steroid dienone is 6. The third-order valence-corrected chi connectivity index (χ3v) is 1.23. The summed E-state index contributed by atoms with van der Waals surface area (Å²) in [7, 11) is 0. The van der Waals surface area contributed by atoms with Gasteiger partial charge in [0.05, 0.1) is 0 Å². The van der Waals surface area contributed by atoms with E-state index < -0.39 is 0 Å². The van der Waals surface area contributed by atoms with Gasteiger partial charge in [-0.1, -0.05) is 37.3 Å². The fourth-order valence-corrected chi connectivity index (χ4v) is 0.510. The van der Waals surface area contributed by atoms with Crippen molar-refractivity contribution in [1.29, 1.82) is 0 Å². The summed E-state index contributed by atoms with van der Waals surface area (Å²) in [5.41, 5.74) is 5.12. The molecule has 0 spiro atoms. The molecule has 0 saturated carbocycles. The summed E-state index contributed by atoms with van der Waals surface area (Å²) >= 11 is 0. The normalized spacial score (nSPS) is 15.0. The van der Waals surface area contributed by atoms with Crippen molar-refractivity contribution in [3.8, 4) is 0 Å². The Labute approximate surface area is 68.6 Å². The maximum absolute atomic E-state index is 5.12. The quantitative estimate of drug-likeness (QED) is 0.482. The van der Waals surface area contributed by atoms with Crippen molar-refractivity contribution in [3.05, 3.63) is 49.2 Å². The van der Waals surface area contributed by atoms with E-state index in [2.05, 4.69) is 19.6 Å². The van der Waals surface area contributed by atoms with E-state index in [1.165, 1.54) is 6.20 Å². The minimum Gasteiger partial charge on any atom is -0.405 e. The lowest BCUT2D eigenvalue weighted by Crippen LogP contribution is -1.77. The van der Waals surface area contributed by atoms with Crippen LogP contribution in [0.2, 0.25) is 0 Å². The van der Waals surface area contributed by atoms with Crippen molar-refractivity contribution >= 4 is 0 Å². The zero-order chi connectivity index (χ0) is 8.53. The molecule has 1 heteroatoms. The highest BCUT2D eigenvalue weighted by molar-refractivity contribution is 5.12. The van der Waals surface area contributed by atoms with E-state index in [0.717, 1.165) is 0 Å². The summed E-state index contributed by atoms with van der Waals surface area (Å²) in [4.78, 5) is 0. The lowest BCUT2D eigenvalue weighted by molar-refractivity contribution is 0.944. The van der Waals surface area contributed by atoms with Crippen LogP contribution in [0.5, 0.6) is 0 Å². The SMILES string of the molecule is C=CC(C)\C=C/C=C\C=C\N. The molecule has 1 unspecified atom stereocenters. The Bertz CT molecular complexity index is 175. The minimum atomic E-state index is 0.432. The predicted octanol–water partition coefficient (Wildman–Crippen LogP) is 2.39. The van der Waals surface area contributed by atoms with Gasteiger partial charge in [0, 0.05) is 0 Å². The van der Waals surface area contributed by atoms with Crippen LogP contribution in [0.25, 0.3) is 0 Å². The van der Waals surface area contributed by atoms with Gasteiger partial charge < -0.3 is 5.73 Å². The highest BCUT2D eigenvalue weighted by atomic mass is 14.5. The maximum atomic E-state index is 5.12. The van der Waals surface area contributed by atoms with E-state index in [9.17, 15) is 0 Å². The minimum absolute atomic E-state index is 0.432. The van der Waals surface area contributed by atoms with Crippen molar-refractivity contribution in [1.82, 2.24) is 0 Å². The van der Waals surface area contributed by atoms with Gasteiger partial charge in [-0.15, -0.1) is 6.58 Å². The molecule has 1 atom stereocenters. The van der Waals surface area contributed by atoms with Crippen molar-refractivity contribution in [3.63, 3.8) is 0 Å². The van der Waals surface area contributed by atoms with Crippen molar-refractivity contribution in [2.45, 2.75) is 6.92 Å². The van der Waals surface area contributed by atoms with Crippen molar-refractivity contribution < 1.29 is 0 Å². The van der Waals surface area contributed by atoms with Gasteiger partial charge in [-0.05, 0) is 18.2 Å². The van der Waals surface area contributed by atoms with Crippen LogP contribution in [-0.2, 0) is 0 Å². The first-order valence-electron chi connectivity index (χ1n) is 3.65. The van der Waals surface area contributed by atoms with Gasteiger partial charge in [0.1, 0.15) is 0 Å². The summed E-state index contributed by atoms with van der Waals surface area (Å²) in [5.74, 6) is 0.432. The lowest BCUT2D eigenvalue weighted by atomic mass is 10.2. The second kappa shape index (κ2) is 6.87. The van der Waals surface area contributed by atoms with Crippen LogP contribution in [0.4, 0.5) is 0 Å². The first-order valence-corrected chi connectivity index (χ1v) is 3.65. The molecule has 0 amide bonds. The van der Waals surface area contributed by atoms with E-state index in [0.29, 0.717) is 5.92 Å². The van der Waals surface area contributed by atoms with Gasteiger partial charge in [-0.2, -0.15) is 0 Å². The molecule has 11 heavy (non-hydrogen) atoms. The van der Waals surface area contributed by atoms with Gasteiger partial charge in [0.25, 0.3) is 0 Å². The Kier molecular flexibility index (Phi) is 6.10. The molecule has 2 N–H and O–H groups in total. The molecule has 0 bridgehead atoms. The molecule has 0 aromatic heterocycles. The molecule has 0 aliphatic carbocycles. The summed E-state index contributed by atoms with van der Waals surface area (Å²) in [6.07, 6.45) is 13.0. The molecule has 0 aliphatic heterocycles. The van der Waals surface area contributed by atoms with Gasteiger partial charge in [-0.25, -0.2) is 0 Å². The topological polar surface area (TPSA) is 26.0 Å². The average molecular weight is 149 g/mol. The van der Waals surface area contributed by atoms with Gasteiger partial charge in [0.15, 0.2) is 0 Å². The van der Waals surface area contributed by atoms with Crippen molar-refractivity contribution in [2.24, 2.45) is 11.7 Å². The second-order valence-corrected chi connectivity index (χ2v) is 2.25. The van der Waals surface area contributed by atoms with Crippen LogP contribution >= 0.6 is 0 Å². The molecule has 0 aromatic rings. The Hall–Kier alpha value is -1.24. The zero-order valence-electron chi connectivity index (χ0n) is 6.90. The molecule has 0 fully saturated rings. The summed E-state index contributed by atoms with van der Waals surface area (Å²) in [6.45, 7) is 5.75. The first-order chi connectivity index (χ1) is 5.31. The van der Waals surface area contributed by atoms with Crippen LogP contribution in [0.15, 0.2) is 49.2 Å². The molecule has 60 valence electrons. The predicted molar refractivity (Wildman–Crippen MR) is 51.0 cm³/mol. The van der Waals surface area contributed by atoms with Crippen LogP contribution in [-0.4, -0.2) is 0 Å². The zero-order valence-corrected chi connectivity index (χ0v) is 6.90. The highest BCUT2D eigenvalue weighted by Gasteiger charge is 1.82. The van der Waals surface area contributed by atoms with Crippen molar-refractivity contribution in [2.75, 3.05) is 0 Å². The van der Waals surface area contributed by atoms with Crippen LogP contribution in [0.1, 0.15) is 6.92 Å². The molecule has 1 nitrogen and oxygen atoms in total. The summed E-state index contributed by atoms with van der Waals surface area (Å²) in [6, 6.07) is 0. The molecule has 0 rings (SSSR count). The number of hydrogen-bond acceptors (Lipinski definition) is 1. The van der Waals surface area contributed by atoms with Crippen LogP contribution < -0.4 is 5.73 Å². The smallest absolute Gasteiger partial charge is 0.00624 e. The van der Waals surface area contributed by atoms with Crippen LogP contribution in [0, 0.1) is 5.92 Å². The average Bonchev–Trinajstić information content (AvgIpc) is 2.04. The molecule has 0 aromatic carbocycles. The number of rotatable bonds is 4. The molecule has 0 radical (unpaired) electrons. The maximum Gasteiger partial charge on any atom is -0.00624 e. The van der Waals surface area contributed by atoms with E-state index in [-0.39, 0.29) is 0 Å². The monoisotopic (exact) mass is 149 g/mol. The number of hydrogen-bond donors (Lipinski definition) is 1. The van der Waals surface area contributed by atoms with E-state index >= 15 is 0 Å². The largest absolute Gasteiger partial charge is 0.405 e. The summed E-state index contributed by atoms with van der Waals surface area (Å²) in [5, 5.41) is 0. The highest BCUT2D eigenvalue weighted by Crippen LogP contribution is 1.96. The fraction of sp³-hybridized carbons (Fsp3) is 0.200. The van der Waals surface area contributed by atoms with Gasteiger partial charge >= 0.3 is 0 Å². The lowest BCUT2D eigenvalue weighted by Gasteiger charge is -1.91. The molecule has 0 aliphatic rings. The Balaban J connectivity index is 3.67. The molecule has 0 saturated heterocycles. The Morgan fingerprint density at radius 2 is 1.82 bits per heavy atom. The standard InChI is InChI=1S/C10H15N/c1-3-10(2)8-6-4-5-7-9-11/h3-10H,1,11H2,2H3/b5-4-,8-6-,9-7+. The number of nitrogens with two attached hydrogens (primary N) is 1. The van der Waals surface area contributed by atoms with Gasteiger partial charge in [0.2, 0.25) is 0 Å². The third-order valence-electron chi connectivity index (χ3n) is 1.23. The fourth-order valence-electron chi connectivity index (χ4n) is 0.510. The third kappa shape index (κ3) is 6.65. The Morgan fingerprint density at radius 3 is 2.36 bits per heavy atom. The molecular formula is C10H15N. The Morgan fingerprint density at radius 1 is 1.18 bits per heavy atom. The van der Waals surface area contributed by atoms with E-state index in [1.54, 1.807) is 6.08 Å². The van der Waals surface area contributed by atoms with Crippen LogP contribution in [0.3, 0.4) is 0 Å². The molecule has 0 heterocycles. The summed E-state index contributed by atoms with van der Waals surface area (Å²) < 4.78 is 0.